The molecule has 0 heterocycles. The van der Waals surface area contributed by atoms with Crippen molar-refractivity contribution in [3.05, 3.63) is 59.4 Å². The average Bonchev–Trinajstić information content (AvgIpc) is 2.48. The Morgan fingerprint density at radius 1 is 1.14 bits per heavy atom. The summed E-state index contributed by atoms with van der Waals surface area (Å²) in [4.78, 5) is 0. The molecule has 0 saturated carbocycles. The van der Waals surface area contributed by atoms with E-state index in [0.717, 1.165) is 11.3 Å². The van der Waals surface area contributed by atoms with Gasteiger partial charge in [0.25, 0.3) is 0 Å². The molecule has 2 aromatic rings. The zero-order chi connectivity index (χ0) is 15.2. The average molecular weight is 290 g/mol. The summed E-state index contributed by atoms with van der Waals surface area (Å²) < 4.78 is 24.0. The largest absolute Gasteiger partial charge is 0.497 e. The molecule has 4 heteroatoms. The Kier molecular flexibility index (Phi) is 5.17. The van der Waals surface area contributed by atoms with Crippen molar-refractivity contribution in [2.24, 2.45) is 0 Å². The lowest BCUT2D eigenvalue weighted by Crippen LogP contribution is -2.05. The Bertz CT molecular complexity index is 579. The molecule has 0 saturated heterocycles. The molecule has 0 unspecified atom stereocenters. The molecule has 3 nitrogen and oxygen atoms in total. The predicted molar refractivity (Wildman–Crippen MR) is 79.2 cm³/mol. The van der Waals surface area contributed by atoms with Gasteiger partial charge in [-0.15, -0.1) is 0 Å². The van der Waals surface area contributed by atoms with Gasteiger partial charge in [-0.05, 0) is 36.8 Å². The van der Waals surface area contributed by atoms with Crippen LogP contribution in [0.3, 0.4) is 0 Å². The van der Waals surface area contributed by atoms with Crippen LogP contribution in [0.5, 0.6) is 11.5 Å². The number of hydrogen-bond donors (Lipinski definition) is 1. The number of hydrogen-bond acceptors (Lipinski definition) is 3. The number of halogens is 1. The maximum atomic E-state index is 13.3. The zero-order valence-electron chi connectivity index (χ0n) is 12.2. The monoisotopic (exact) mass is 290 g/mol. The van der Waals surface area contributed by atoms with Gasteiger partial charge in [0.2, 0.25) is 0 Å². The van der Waals surface area contributed by atoms with E-state index in [1.807, 2.05) is 24.3 Å². The molecular formula is C17H19FO3. The molecule has 1 atom stereocenters. The topological polar surface area (TPSA) is 38.7 Å². The van der Waals surface area contributed by atoms with Gasteiger partial charge in [-0.1, -0.05) is 12.1 Å². The number of rotatable bonds is 6. The molecule has 0 aliphatic heterocycles. The summed E-state index contributed by atoms with van der Waals surface area (Å²) in [5, 5.41) is 9.65. The van der Waals surface area contributed by atoms with Crippen LogP contribution in [0.1, 0.15) is 24.2 Å². The van der Waals surface area contributed by atoms with Crippen LogP contribution >= 0.6 is 0 Å². The first-order valence-corrected chi connectivity index (χ1v) is 6.83. The van der Waals surface area contributed by atoms with E-state index in [4.69, 9.17) is 9.47 Å². The van der Waals surface area contributed by atoms with Gasteiger partial charge in [-0.2, -0.15) is 0 Å². The Labute approximate surface area is 124 Å². The molecule has 2 rings (SSSR count). The Balaban J connectivity index is 1.97. The van der Waals surface area contributed by atoms with Crippen molar-refractivity contribution in [2.45, 2.75) is 19.4 Å². The van der Waals surface area contributed by atoms with Crippen molar-refractivity contribution >= 4 is 0 Å². The van der Waals surface area contributed by atoms with Gasteiger partial charge in [0.1, 0.15) is 17.3 Å². The molecule has 21 heavy (non-hydrogen) atoms. The van der Waals surface area contributed by atoms with E-state index in [-0.39, 0.29) is 5.82 Å². The van der Waals surface area contributed by atoms with Crippen LogP contribution in [-0.4, -0.2) is 18.8 Å². The minimum Gasteiger partial charge on any atom is -0.497 e. The van der Waals surface area contributed by atoms with E-state index < -0.39 is 6.10 Å². The van der Waals surface area contributed by atoms with Gasteiger partial charge in [-0.25, -0.2) is 4.39 Å². The molecule has 0 fully saturated rings. The summed E-state index contributed by atoms with van der Waals surface area (Å²) in [5.41, 5.74) is 1.69. The number of benzene rings is 2. The minimum absolute atomic E-state index is 0.376. The fourth-order valence-electron chi connectivity index (χ4n) is 2.05. The fourth-order valence-corrected chi connectivity index (χ4v) is 2.05. The standard InChI is InChI=1S/C17H19FO3/c1-12(19)16-8-5-14(18)11-17(16)21-10-9-13-3-6-15(20-2)7-4-13/h3-8,11-12,19H,9-10H2,1-2H3/t12-/m0/s1. The van der Waals surface area contributed by atoms with E-state index in [1.54, 1.807) is 20.1 Å². The quantitative estimate of drug-likeness (QED) is 0.885. The van der Waals surface area contributed by atoms with Gasteiger partial charge in [0.15, 0.2) is 0 Å². The molecule has 2 aromatic carbocycles. The summed E-state index contributed by atoms with van der Waals surface area (Å²) >= 11 is 0. The van der Waals surface area contributed by atoms with E-state index in [1.165, 1.54) is 12.1 Å². The summed E-state index contributed by atoms with van der Waals surface area (Å²) in [6.07, 6.45) is 0.00123. The second-order valence-electron chi connectivity index (χ2n) is 4.80. The second-order valence-corrected chi connectivity index (χ2v) is 4.80. The molecule has 0 bridgehead atoms. The van der Waals surface area contributed by atoms with Crippen LogP contribution in [0, 0.1) is 5.82 Å². The number of aliphatic hydroxyl groups is 1. The van der Waals surface area contributed by atoms with Crippen molar-refractivity contribution in [3.8, 4) is 11.5 Å². The van der Waals surface area contributed by atoms with Crippen LogP contribution in [0.2, 0.25) is 0 Å². The lowest BCUT2D eigenvalue weighted by atomic mass is 10.1. The van der Waals surface area contributed by atoms with Crippen LogP contribution in [-0.2, 0) is 6.42 Å². The van der Waals surface area contributed by atoms with E-state index in [0.29, 0.717) is 24.3 Å². The molecule has 0 aromatic heterocycles. The smallest absolute Gasteiger partial charge is 0.128 e. The van der Waals surface area contributed by atoms with Crippen LogP contribution in [0.15, 0.2) is 42.5 Å². The molecular weight excluding hydrogens is 271 g/mol. The summed E-state index contributed by atoms with van der Waals surface area (Å²) in [7, 11) is 1.62. The molecule has 0 aliphatic carbocycles. The highest BCUT2D eigenvalue weighted by atomic mass is 19.1. The third-order valence-electron chi connectivity index (χ3n) is 3.23. The SMILES string of the molecule is COc1ccc(CCOc2cc(F)ccc2[C@H](C)O)cc1. The van der Waals surface area contributed by atoms with Gasteiger partial charge >= 0.3 is 0 Å². The van der Waals surface area contributed by atoms with Gasteiger partial charge < -0.3 is 14.6 Å². The normalized spacial score (nSPS) is 12.0. The van der Waals surface area contributed by atoms with Crippen molar-refractivity contribution in [1.29, 1.82) is 0 Å². The summed E-state index contributed by atoms with van der Waals surface area (Å²) in [6, 6.07) is 11.9. The molecule has 112 valence electrons. The minimum atomic E-state index is -0.693. The highest BCUT2D eigenvalue weighted by molar-refractivity contribution is 5.35. The van der Waals surface area contributed by atoms with Gasteiger partial charge in [-0.3, -0.25) is 0 Å². The number of methoxy groups -OCH3 is 1. The Morgan fingerprint density at radius 2 is 1.86 bits per heavy atom. The third-order valence-corrected chi connectivity index (χ3v) is 3.23. The molecule has 0 spiro atoms. The van der Waals surface area contributed by atoms with Crippen molar-refractivity contribution < 1.29 is 19.0 Å². The van der Waals surface area contributed by atoms with E-state index in [9.17, 15) is 9.50 Å². The third kappa shape index (κ3) is 4.20. The first-order chi connectivity index (χ1) is 10.1. The maximum Gasteiger partial charge on any atom is 0.128 e. The maximum absolute atomic E-state index is 13.3. The number of aliphatic hydroxyl groups excluding tert-OH is 1. The molecule has 0 amide bonds. The van der Waals surface area contributed by atoms with Crippen molar-refractivity contribution in [2.75, 3.05) is 13.7 Å². The van der Waals surface area contributed by atoms with Gasteiger partial charge in [0.05, 0.1) is 19.8 Å². The van der Waals surface area contributed by atoms with Crippen LogP contribution in [0.4, 0.5) is 4.39 Å². The first kappa shape index (κ1) is 15.3. The highest BCUT2D eigenvalue weighted by Gasteiger charge is 2.10. The summed E-state index contributed by atoms with van der Waals surface area (Å²) in [6.45, 7) is 2.04. The lowest BCUT2D eigenvalue weighted by Gasteiger charge is -2.13. The van der Waals surface area contributed by atoms with Gasteiger partial charge in [0, 0.05) is 18.1 Å². The predicted octanol–water partition coefficient (Wildman–Crippen LogP) is 3.51. The molecule has 1 N–H and O–H groups in total. The highest BCUT2D eigenvalue weighted by Crippen LogP contribution is 2.26. The molecule has 0 aliphatic rings. The van der Waals surface area contributed by atoms with Crippen LogP contribution in [0.25, 0.3) is 0 Å². The van der Waals surface area contributed by atoms with E-state index >= 15 is 0 Å². The second kappa shape index (κ2) is 7.09. The van der Waals surface area contributed by atoms with Crippen molar-refractivity contribution in [1.82, 2.24) is 0 Å². The van der Waals surface area contributed by atoms with Crippen LogP contribution < -0.4 is 9.47 Å². The zero-order valence-corrected chi connectivity index (χ0v) is 12.2. The Morgan fingerprint density at radius 3 is 2.48 bits per heavy atom. The lowest BCUT2D eigenvalue weighted by molar-refractivity contribution is 0.191. The summed E-state index contributed by atoms with van der Waals surface area (Å²) in [5.74, 6) is 0.818. The van der Waals surface area contributed by atoms with Crippen molar-refractivity contribution in [3.63, 3.8) is 0 Å². The Hall–Kier alpha value is -2.07. The van der Waals surface area contributed by atoms with E-state index in [2.05, 4.69) is 0 Å². The first-order valence-electron chi connectivity index (χ1n) is 6.83. The number of ether oxygens (including phenoxy) is 2. The fraction of sp³-hybridized carbons (Fsp3) is 0.294. The molecule has 0 radical (unpaired) electrons.